The topological polar surface area (TPSA) is 105 Å². The predicted octanol–water partition coefficient (Wildman–Crippen LogP) is 2.36. The molecule has 1 aliphatic carbocycles. The van der Waals surface area contributed by atoms with Gasteiger partial charge in [0.2, 0.25) is 5.91 Å². The Morgan fingerprint density at radius 3 is 2.50 bits per heavy atom. The molecule has 0 atom stereocenters. The van der Waals surface area contributed by atoms with Crippen molar-refractivity contribution in [1.29, 1.82) is 0 Å². The van der Waals surface area contributed by atoms with E-state index in [9.17, 15) is 19.2 Å². The molecule has 1 aliphatic heterocycles. The number of hydrogen-bond acceptors (Lipinski definition) is 5. The fourth-order valence-corrected chi connectivity index (χ4v) is 3.83. The van der Waals surface area contributed by atoms with Gasteiger partial charge in [0.15, 0.2) is 0 Å². The Kier molecular flexibility index (Phi) is 5.67. The first-order valence-corrected chi connectivity index (χ1v) is 9.49. The van der Waals surface area contributed by atoms with E-state index in [-0.39, 0.29) is 12.5 Å². The molecule has 1 saturated heterocycles. The van der Waals surface area contributed by atoms with Crippen LogP contribution < -0.4 is 10.6 Å². The number of methoxy groups -OCH3 is 1. The van der Waals surface area contributed by atoms with E-state index < -0.39 is 23.4 Å². The molecule has 8 nitrogen and oxygen atoms in total. The van der Waals surface area contributed by atoms with Gasteiger partial charge in [0.25, 0.3) is 5.91 Å². The molecule has 1 aromatic rings. The quantitative estimate of drug-likeness (QED) is 0.610. The molecule has 150 valence electrons. The molecule has 0 radical (unpaired) electrons. The number of carbonyl (C=O) groups excluding carboxylic acids is 4. The van der Waals surface area contributed by atoms with Crippen LogP contribution in [0.1, 0.15) is 54.4 Å². The summed E-state index contributed by atoms with van der Waals surface area (Å²) in [5.74, 6) is -1.34. The van der Waals surface area contributed by atoms with Crippen LogP contribution in [-0.4, -0.2) is 47.9 Å². The summed E-state index contributed by atoms with van der Waals surface area (Å²) >= 11 is 0. The summed E-state index contributed by atoms with van der Waals surface area (Å²) < 4.78 is 4.69. The highest BCUT2D eigenvalue weighted by atomic mass is 16.5. The Labute approximate surface area is 163 Å². The number of hydrogen-bond donors (Lipinski definition) is 2. The predicted molar refractivity (Wildman–Crippen MR) is 102 cm³/mol. The van der Waals surface area contributed by atoms with Crippen LogP contribution in [0.25, 0.3) is 0 Å². The zero-order valence-electron chi connectivity index (χ0n) is 16.2. The summed E-state index contributed by atoms with van der Waals surface area (Å²) in [5, 5.41) is 5.50. The lowest BCUT2D eigenvalue weighted by Gasteiger charge is -2.24. The zero-order chi connectivity index (χ0) is 20.3. The van der Waals surface area contributed by atoms with Crippen molar-refractivity contribution in [3.63, 3.8) is 0 Å². The Hall–Kier alpha value is -2.90. The van der Waals surface area contributed by atoms with E-state index in [1.165, 1.54) is 13.2 Å². The van der Waals surface area contributed by atoms with E-state index in [4.69, 9.17) is 0 Å². The van der Waals surface area contributed by atoms with Gasteiger partial charge in [-0.2, -0.15) is 0 Å². The first-order chi connectivity index (χ1) is 13.4. The van der Waals surface area contributed by atoms with Crippen LogP contribution in [0.15, 0.2) is 18.2 Å². The summed E-state index contributed by atoms with van der Waals surface area (Å²) in [6.07, 6.45) is 5.06. The number of esters is 1. The number of urea groups is 1. The minimum Gasteiger partial charge on any atom is -0.465 e. The molecule has 3 rings (SSSR count). The summed E-state index contributed by atoms with van der Waals surface area (Å²) in [4.78, 5) is 50.4. The van der Waals surface area contributed by atoms with Gasteiger partial charge < -0.3 is 15.4 Å². The molecule has 0 bridgehead atoms. The van der Waals surface area contributed by atoms with Gasteiger partial charge in [0.1, 0.15) is 12.1 Å². The van der Waals surface area contributed by atoms with E-state index >= 15 is 0 Å². The fourth-order valence-electron chi connectivity index (χ4n) is 3.83. The molecule has 8 heteroatoms. The summed E-state index contributed by atoms with van der Waals surface area (Å²) in [6.45, 7) is 1.42. The Morgan fingerprint density at radius 1 is 1.18 bits per heavy atom. The standard InChI is InChI=1S/C20H25N3O5/c1-13-7-8-14(17(25)28-2)11-15(13)21-16(24)12-23-18(26)20(22-19(23)27)9-5-3-4-6-10-20/h7-8,11H,3-6,9-10,12H2,1-2H3,(H,21,24)(H,22,27). The van der Waals surface area contributed by atoms with E-state index in [1.807, 2.05) is 0 Å². The van der Waals surface area contributed by atoms with Crippen LogP contribution in [0.4, 0.5) is 10.5 Å². The average molecular weight is 387 g/mol. The molecule has 2 fully saturated rings. The van der Waals surface area contributed by atoms with E-state index in [0.29, 0.717) is 24.1 Å². The van der Waals surface area contributed by atoms with Gasteiger partial charge in [0, 0.05) is 5.69 Å². The van der Waals surface area contributed by atoms with Crippen molar-refractivity contribution < 1.29 is 23.9 Å². The maximum Gasteiger partial charge on any atom is 0.337 e. The monoisotopic (exact) mass is 387 g/mol. The maximum absolute atomic E-state index is 12.9. The number of nitrogens with zero attached hydrogens (tertiary/aromatic N) is 1. The first kappa shape index (κ1) is 19.9. The smallest absolute Gasteiger partial charge is 0.337 e. The number of amides is 4. The Balaban J connectivity index is 1.70. The second-order valence-corrected chi connectivity index (χ2v) is 7.39. The van der Waals surface area contributed by atoms with Crippen LogP contribution in [0.5, 0.6) is 0 Å². The number of nitrogens with one attached hydrogen (secondary N) is 2. The first-order valence-electron chi connectivity index (χ1n) is 9.49. The average Bonchev–Trinajstić information content (AvgIpc) is 2.84. The highest BCUT2D eigenvalue weighted by molar-refractivity contribution is 6.10. The van der Waals surface area contributed by atoms with Gasteiger partial charge in [-0.15, -0.1) is 0 Å². The third kappa shape index (κ3) is 3.85. The van der Waals surface area contributed by atoms with Crippen molar-refractivity contribution in [3.05, 3.63) is 29.3 Å². The second-order valence-electron chi connectivity index (χ2n) is 7.39. The van der Waals surface area contributed by atoms with Gasteiger partial charge in [-0.25, -0.2) is 9.59 Å². The van der Waals surface area contributed by atoms with Crippen molar-refractivity contribution >= 4 is 29.5 Å². The van der Waals surface area contributed by atoms with Crippen molar-refractivity contribution in [2.24, 2.45) is 0 Å². The Bertz CT molecular complexity index is 812. The van der Waals surface area contributed by atoms with Crippen LogP contribution in [-0.2, 0) is 14.3 Å². The van der Waals surface area contributed by atoms with Gasteiger partial charge in [-0.3, -0.25) is 14.5 Å². The molecule has 1 spiro atoms. The second kappa shape index (κ2) is 8.00. The number of carbonyl (C=O) groups is 4. The van der Waals surface area contributed by atoms with E-state index in [1.54, 1.807) is 19.1 Å². The highest BCUT2D eigenvalue weighted by Crippen LogP contribution is 2.32. The highest BCUT2D eigenvalue weighted by Gasteiger charge is 2.51. The van der Waals surface area contributed by atoms with Gasteiger partial charge >= 0.3 is 12.0 Å². The van der Waals surface area contributed by atoms with Crippen molar-refractivity contribution in [1.82, 2.24) is 10.2 Å². The van der Waals surface area contributed by atoms with Crippen molar-refractivity contribution in [2.75, 3.05) is 19.0 Å². The van der Waals surface area contributed by atoms with Crippen molar-refractivity contribution in [2.45, 2.75) is 51.0 Å². The van der Waals surface area contributed by atoms with Gasteiger partial charge in [0.05, 0.1) is 12.7 Å². The zero-order valence-corrected chi connectivity index (χ0v) is 16.2. The molecule has 1 heterocycles. The largest absolute Gasteiger partial charge is 0.465 e. The third-order valence-electron chi connectivity index (χ3n) is 5.44. The molecular weight excluding hydrogens is 362 g/mol. The lowest BCUT2D eigenvalue weighted by atomic mass is 9.90. The maximum atomic E-state index is 12.9. The molecule has 4 amide bonds. The molecule has 0 unspecified atom stereocenters. The number of ether oxygens (including phenoxy) is 1. The van der Waals surface area contributed by atoms with Crippen LogP contribution >= 0.6 is 0 Å². The SMILES string of the molecule is COC(=O)c1ccc(C)c(NC(=O)CN2C(=O)NC3(CCCCCC3)C2=O)c1. The van der Waals surface area contributed by atoms with Gasteiger partial charge in [-0.1, -0.05) is 31.7 Å². The number of benzene rings is 1. The van der Waals surface area contributed by atoms with Crippen LogP contribution in [0.2, 0.25) is 0 Å². The normalized spacial score (nSPS) is 18.6. The lowest BCUT2D eigenvalue weighted by molar-refractivity contribution is -0.134. The van der Waals surface area contributed by atoms with Gasteiger partial charge in [-0.05, 0) is 37.5 Å². The fraction of sp³-hybridized carbons (Fsp3) is 0.500. The molecule has 0 aromatic heterocycles. The van der Waals surface area contributed by atoms with Crippen LogP contribution in [0, 0.1) is 6.92 Å². The number of anilines is 1. The summed E-state index contributed by atoms with van der Waals surface area (Å²) in [5.41, 5.74) is 0.618. The van der Waals surface area contributed by atoms with Crippen molar-refractivity contribution in [3.8, 4) is 0 Å². The molecular formula is C20H25N3O5. The molecule has 1 aromatic carbocycles. The number of rotatable bonds is 4. The number of aryl methyl sites for hydroxylation is 1. The van der Waals surface area contributed by atoms with E-state index in [0.717, 1.165) is 36.1 Å². The number of imide groups is 1. The summed E-state index contributed by atoms with van der Waals surface area (Å²) in [7, 11) is 1.28. The molecule has 2 N–H and O–H groups in total. The third-order valence-corrected chi connectivity index (χ3v) is 5.44. The minimum absolute atomic E-state index is 0.302. The lowest BCUT2D eigenvalue weighted by Crippen LogP contribution is -2.47. The molecule has 28 heavy (non-hydrogen) atoms. The Morgan fingerprint density at radius 2 is 1.86 bits per heavy atom. The van der Waals surface area contributed by atoms with E-state index in [2.05, 4.69) is 15.4 Å². The summed E-state index contributed by atoms with van der Waals surface area (Å²) in [6, 6.07) is 4.28. The minimum atomic E-state index is -0.866. The molecule has 1 saturated carbocycles. The van der Waals surface area contributed by atoms with Crippen LogP contribution in [0.3, 0.4) is 0 Å². The molecule has 2 aliphatic rings.